The van der Waals surface area contributed by atoms with Crippen molar-refractivity contribution in [2.75, 3.05) is 50.4 Å². The smallest absolute Gasteiger partial charge is 0.425 e. The molecule has 0 saturated carbocycles. The number of nitrogens with one attached hydrogen (secondary N) is 2. The van der Waals surface area contributed by atoms with E-state index in [9.17, 15) is 30.7 Å². The highest BCUT2D eigenvalue weighted by molar-refractivity contribution is 5.96. The first-order valence-corrected chi connectivity index (χ1v) is 14.6. The summed E-state index contributed by atoms with van der Waals surface area (Å²) in [4.78, 5) is 17.9. The summed E-state index contributed by atoms with van der Waals surface area (Å²) >= 11 is 0. The second-order valence-electron chi connectivity index (χ2n) is 11.7. The van der Waals surface area contributed by atoms with Crippen molar-refractivity contribution in [2.24, 2.45) is 0 Å². The molecule has 18 heteroatoms. The number of pyridine rings is 2. The second kappa shape index (κ2) is 11.8. The molecule has 2 fully saturated rings. The van der Waals surface area contributed by atoms with Gasteiger partial charge in [0.25, 0.3) is 0 Å². The molecule has 6 heterocycles. The van der Waals surface area contributed by atoms with Crippen LogP contribution in [0.3, 0.4) is 0 Å². The van der Waals surface area contributed by atoms with Gasteiger partial charge in [0.2, 0.25) is 5.88 Å². The summed E-state index contributed by atoms with van der Waals surface area (Å²) in [6, 6.07) is 0.312. The Labute approximate surface area is 257 Å². The van der Waals surface area contributed by atoms with Crippen molar-refractivity contribution in [1.29, 1.82) is 0 Å². The number of halogens is 8. The van der Waals surface area contributed by atoms with E-state index in [4.69, 9.17) is 15.2 Å². The average molecular weight is 663 g/mol. The predicted octanol–water partition coefficient (Wildman–Crippen LogP) is 4.81. The summed E-state index contributed by atoms with van der Waals surface area (Å²) in [6.07, 6.45) is -12.5. The fourth-order valence-electron chi connectivity index (χ4n) is 6.52. The molecule has 0 aliphatic carbocycles. The van der Waals surface area contributed by atoms with E-state index >= 15 is 4.39 Å². The quantitative estimate of drug-likeness (QED) is 0.336. The van der Waals surface area contributed by atoms with Gasteiger partial charge in [0.15, 0.2) is 11.9 Å². The number of fused-ring (bicyclic) bond motifs is 1. The zero-order valence-electron chi connectivity index (χ0n) is 24.5. The molecule has 250 valence electrons. The summed E-state index contributed by atoms with van der Waals surface area (Å²) in [5.41, 5.74) is 0.512. The number of hydrogen-bond donors (Lipinski definition) is 3. The van der Waals surface area contributed by atoms with Gasteiger partial charge in [0, 0.05) is 38.0 Å². The van der Waals surface area contributed by atoms with Crippen LogP contribution < -0.4 is 25.8 Å². The van der Waals surface area contributed by atoms with E-state index in [1.807, 2.05) is 4.90 Å². The molecule has 1 unspecified atom stereocenters. The molecular weight excluding hydrogens is 632 g/mol. The van der Waals surface area contributed by atoms with E-state index in [1.165, 1.54) is 0 Å². The Kier molecular flexibility index (Phi) is 8.23. The minimum Gasteiger partial charge on any atom is -0.464 e. The van der Waals surface area contributed by atoms with Crippen molar-refractivity contribution in [2.45, 2.75) is 62.8 Å². The highest BCUT2D eigenvalue weighted by Gasteiger charge is 2.49. The summed E-state index contributed by atoms with van der Waals surface area (Å²) < 4.78 is 127. The van der Waals surface area contributed by atoms with Gasteiger partial charge in [0.1, 0.15) is 41.0 Å². The molecule has 6 rings (SSSR count). The average Bonchev–Trinajstić information content (AvgIpc) is 3.46. The lowest BCUT2D eigenvalue weighted by Crippen LogP contribution is -2.43. The largest absolute Gasteiger partial charge is 0.464 e. The topological polar surface area (TPSA) is 123 Å². The van der Waals surface area contributed by atoms with Crippen molar-refractivity contribution in [3.8, 4) is 23.1 Å². The van der Waals surface area contributed by atoms with Crippen molar-refractivity contribution >= 4 is 22.5 Å². The van der Waals surface area contributed by atoms with Crippen LogP contribution >= 0.6 is 0 Å². The summed E-state index contributed by atoms with van der Waals surface area (Å²) in [7, 11) is 0. The van der Waals surface area contributed by atoms with Gasteiger partial charge in [0.05, 0.1) is 16.8 Å². The minimum atomic E-state index is -5.07. The standard InChI is InChI=1S/C28H30F8N8O2/c1-13-19(28(34,35)36)15(9-17(37)40-13)21-20(30)22-18-23(39-7-6-38-5-3-16(27(31,32)33)46-24(18)41-21)43-25(42-22)45-12-26-4-2-8-44(26)11-14(29)10-26/h9,14,16,38H,2-8,10-12H2,1H3,(H2,37,40)(H,39,42,43)/t14-,16+,26?/m1/s1. The monoisotopic (exact) mass is 662 g/mol. The third kappa shape index (κ3) is 6.03. The number of ether oxygens (including phenoxy) is 2. The molecule has 0 radical (unpaired) electrons. The third-order valence-corrected chi connectivity index (χ3v) is 8.52. The van der Waals surface area contributed by atoms with Crippen LogP contribution in [-0.2, 0) is 6.18 Å². The number of alkyl halides is 7. The van der Waals surface area contributed by atoms with Crippen molar-refractivity contribution in [3.05, 3.63) is 23.1 Å². The fourth-order valence-corrected chi connectivity index (χ4v) is 6.52. The Hall–Kier alpha value is -3.80. The summed E-state index contributed by atoms with van der Waals surface area (Å²) in [5.74, 6) is -2.88. The third-order valence-electron chi connectivity index (χ3n) is 8.52. The number of nitrogens with zero attached hydrogens (tertiary/aromatic N) is 5. The Bertz CT molecular complexity index is 1640. The zero-order chi connectivity index (χ0) is 33.0. The highest BCUT2D eigenvalue weighted by Crippen LogP contribution is 2.44. The van der Waals surface area contributed by atoms with Crippen LogP contribution in [0.1, 0.15) is 36.9 Å². The van der Waals surface area contributed by atoms with Crippen LogP contribution in [0.15, 0.2) is 6.07 Å². The maximum Gasteiger partial charge on any atom is 0.425 e. The first kappa shape index (κ1) is 32.2. The first-order valence-electron chi connectivity index (χ1n) is 14.6. The lowest BCUT2D eigenvalue weighted by Gasteiger charge is -2.30. The van der Waals surface area contributed by atoms with Gasteiger partial charge < -0.3 is 25.8 Å². The summed E-state index contributed by atoms with van der Waals surface area (Å²) in [5, 5.41) is 5.30. The molecule has 10 nitrogen and oxygen atoms in total. The van der Waals surface area contributed by atoms with Crippen LogP contribution in [0.5, 0.6) is 11.9 Å². The van der Waals surface area contributed by atoms with Gasteiger partial charge in [-0.05, 0) is 38.9 Å². The Morgan fingerprint density at radius 2 is 1.89 bits per heavy atom. The molecule has 0 spiro atoms. The fraction of sp³-hybridized carbons (Fsp3) is 0.571. The number of aryl methyl sites for hydroxylation is 1. The van der Waals surface area contributed by atoms with E-state index in [0.29, 0.717) is 13.0 Å². The van der Waals surface area contributed by atoms with Crippen LogP contribution in [0, 0.1) is 12.7 Å². The van der Waals surface area contributed by atoms with Crippen molar-refractivity contribution in [1.82, 2.24) is 30.2 Å². The molecule has 0 aromatic carbocycles. The molecular formula is C28H30F8N8O2. The normalized spacial score (nSPS) is 24.3. The Morgan fingerprint density at radius 3 is 2.63 bits per heavy atom. The molecule has 0 amide bonds. The van der Waals surface area contributed by atoms with E-state index in [-0.39, 0.29) is 45.0 Å². The van der Waals surface area contributed by atoms with Gasteiger partial charge in [-0.25, -0.2) is 18.7 Å². The van der Waals surface area contributed by atoms with Gasteiger partial charge in [-0.3, -0.25) is 4.90 Å². The molecule has 2 saturated heterocycles. The van der Waals surface area contributed by atoms with Crippen LogP contribution in [0.2, 0.25) is 0 Å². The van der Waals surface area contributed by atoms with Crippen molar-refractivity contribution < 1.29 is 44.6 Å². The number of hydrogen-bond acceptors (Lipinski definition) is 10. The van der Waals surface area contributed by atoms with Crippen LogP contribution in [0.25, 0.3) is 22.2 Å². The number of rotatable bonds is 4. The lowest BCUT2D eigenvalue weighted by atomic mass is 9.95. The maximum atomic E-state index is 16.5. The van der Waals surface area contributed by atoms with Gasteiger partial charge in [-0.1, -0.05) is 0 Å². The van der Waals surface area contributed by atoms with Crippen molar-refractivity contribution in [3.63, 3.8) is 0 Å². The van der Waals surface area contributed by atoms with Gasteiger partial charge in [-0.2, -0.15) is 36.3 Å². The first-order chi connectivity index (χ1) is 21.7. The molecule has 3 aromatic rings. The molecule has 3 aliphatic rings. The van der Waals surface area contributed by atoms with Gasteiger partial charge >= 0.3 is 18.4 Å². The number of anilines is 2. The molecule has 3 aromatic heterocycles. The van der Waals surface area contributed by atoms with E-state index < -0.39 is 93.5 Å². The number of nitrogens with two attached hydrogens (primary N) is 1. The van der Waals surface area contributed by atoms with Crippen LogP contribution in [0.4, 0.5) is 46.8 Å². The Morgan fingerprint density at radius 1 is 1.11 bits per heavy atom. The van der Waals surface area contributed by atoms with E-state index in [2.05, 4.69) is 30.6 Å². The molecule has 4 N–H and O–H groups in total. The van der Waals surface area contributed by atoms with Crippen LogP contribution in [-0.4, -0.2) is 88.2 Å². The second-order valence-corrected chi connectivity index (χ2v) is 11.7. The molecule has 3 atom stereocenters. The minimum absolute atomic E-state index is 0.0721. The predicted molar refractivity (Wildman–Crippen MR) is 150 cm³/mol. The Balaban J connectivity index is 1.56. The molecule has 46 heavy (non-hydrogen) atoms. The maximum absolute atomic E-state index is 16.5. The summed E-state index contributed by atoms with van der Waals surface area (Å²) in [6.45, 7) is 1.96. The highest BCUT2D eigenvalue weighted by atomic mass is 19.4. The SMILES string of the molecule is Cc1nc(N)cc(-c2nc3c4c(nc(OCC56CCCN5C[C@H](F)C6)nc4c2F)NCCNCC[C@@H](C(F)(F)F)O3)c1C(F)(F)F. The van der Waals surface area contributed by atoms with Gasteiger partial charge in [-0.15, -0.1) is 0 Å². The number of aromatic nitrogens is 4. The lowest BCUT2D eigenvalue weighted by molar-refractivity contribution is -0.196. The molecule has 3 aliphatic heterocycles. The van der Waals surface area contributed by atoms with E-state index in [0.717, 1.165) is 19.4 Å². The zero-order valence-corrected chi connectivity index (χ0v) is 24.5. The molecule has 0 bridgehead atoms. The number of nitrogen functional groups attached to an aromatic ring is 1. The van der Waals surface area contributed by atoms with E-state index in [1.54, 1.807) is 0 Å².